The molecule has 0 fully saturated rings. The molecule has 0 aliphatic carbocycles. The first kappa shape index (κ1) is 23.0. The minimum Gasteiger partial charge on any atom is -0.452 e. The number of rotatable bonds is 9. The molecule has 29 heavy (non-hydrogen) atoms. The lowest BCUT2D eigenvalue weighted by Gasteiger charge is -2.19. The fourth-order valence-corrected chi connectivity index (χ4v) is 4.82. The Morgan fingerprint density at radius 2 is 1.86 bits per heavy atom. The average molecular weight is 443 g/mol. The van der Waals surface area contributed by atoms with Crippen LogP contribution in [0.3, 0.4) is 0 Å². The average Bonchev–Trinajstić information content (AvgIpc) is 3.19. The first-order chi connectivity index (χ1) is 13.7. The summed E-state index contributed by atoms with van der Waals surface area (Å²) in [4.78, 5) is 26.5. The molecule has 10 heteroatoms. The molecule has 0 aliphatic rings. The van der Waals surface area contributed by atoms with Crippen molar-refractivity contribution < 1.29 is 27.1 Å². The molecule has 0 bridgehead atoms. The van der Waals surface area contributed by atoms with Crippen molar-refractivity contribution in [3.63, 3.8) is 0 Å². The van der Waals surface area contributed by atoms with E-state index in [1.807, 2.05) is 17.5 Å². The van der Waals surface area contributed by atoms with Crippen LogP contribution in [0, 0.1) is 5.82 Å². The van der Waals surface area contributed by atoms with Gasteiger partial charge in [0.2, 0.25) is 10.0 Å². The third kappa shape index (κ3) is 5.62. The third-order valence-corrected chi connectivity index (χ3v) is 7.13. The van der Waals surface area contributed by atoms with Gasteiger partial charge in [0.1, 0.15) is 5.82 Å². The van der Waals surface area contributed by atoms with Crippen LogP contribution in [-0.4, -0.2) is 56.2 Å². The molecule has 0 saturated heterocycles. The van der Waals surface area contributed by atoms with Crippen LogP contribution in [0.5, 0.6) is 0 Å². The van der Waals surface area contributed by atoms with Crippen LogP contribution in [0.15, 0.2) is 40.6 Å². The molecule has 0 unspecified atom stereocenters. The molecule has 1 heterocycles. The summed E-state index contributed by atoms with van der Waals surface area (Å²) in [5.41, 5.74) is -0.535. The summed E-state index contributed by atoms with van der Waals surface area (Å²) in [5.74, 6) is -2.48. The van der Waals surface area contributed by atoms with Gasteiger partial charge < -0.3 is 9.64 Å². The minimum atomic E-state index is -3.86. The molecule has 0 aliphatic heterocycles. The number of benzene rings is 1. The zero-order valence-corrected chi connectivity index (χ0v) is 18.1. The Morgan fingerprint density at radius 3 is 2.45 bits per heavy atom. The molecule has 0 saturated carbocycles. The fourth-order valence-electron chi connectivity index (χ4n) is 2.57. The summed E-state index contributed by atoms with van der Waals surface area (Å²) in [6.45, 7) is 3.62. The van der Waals surface area contributed by atoms with Gasteiger partial charge in [-0.1, -0.05) is 19.9 Å². The van der Waals surface area contributed by atoms with Crippen LogP contribution in [-0.2, 0) is 26.1 Å². The van der Waals surface area contributed by atoms with Crippen LogP contribution in [0.25, 0.3) is 0 Å². The summed E-state index contributed by atoms with van der Waals surface area (Å²) in [5, 5.41) is 1.88. The monoisotopic (exact) mass is 442 g/mol. The number of hydrogen-bond acceptors (Lipinski definition) is 6. The highest BCUT2D eigenvalue weighted by Crippen LogP contribution is 2.20. The number of carbonyl (C=O) groups excluding carboxylic acids is 2. The Morgan fingerprint density at radius 1 is 1.17 bits per heavy atom. The van der Waals surface area contributed by atoms with Gasteiger partial charge in [-0.2, -0.15) is 4.31 Å². The summed E-state index contributed by atoms with van der Waals surface area (Å²) in [6, 6.07) is 6.67. The Labute approximate surface area is 173 Å². The minimum absolute atomic E-state index is 0.212. The highest BCUT2D eigenvalue weighted by molar-refractivity contribution is 7.89. The molecule has 2 aromatic rings. The smallest absolute Gasteiger partial charge is 0.341 e. The number of hydrogen-bond donors (Lipinski definition) is 0. The number of halogens is 1. The summed E-state index contributed by atoms with van der Waals surface area (Å²) in [7, 11) is -2.30. The van der Waals surface area contributed by atoms with Gasteiger partial charge in [-0.3, -0.25) is 4.79 Å². The van der Waals surface area contributed by atoms with Crippen molar-refractivity contribution in [2.75, 3.05) is 26.7 Å². The van der Waals surface area contributed by atoms with Crippen molar-refractivity contribution >= 4 is 33.2 Å². The number of likely N-dealkylation sites (N-methyl/N-ethyl adjacent to an activating group) is 1. The van der Waals surface area contributed by atoms with Crippen molar-refractivity contribution in [2.45, 2.75) is 25.3 Å². The van der Waals surface area contributed by atoms with E-state index >= 15 is 0 Å². The van der Waals surface area contributed by atoms with E-state index in [-0.39, 0.29) is 18.0 Å². The molecule has 1 aromatic heterocycles. The molecule has 0 spiro atoms. The third-order valence-electron chi connectivity index (χ3n) is 4.23. The Hall–Kier alpha value is -2.30. The summed E-state index contributed by atoms with van der Waals surface area (Å²) >= 11 is 1.49. The number of thiophene rings is 1. The lowest BCUT2D eigenvalue weighted by Crippen LogP contribution is -2.31. The zero-order valence-electron chi connectivity index (χ0n) is 16.4. The SMILES string of the molecule is CCN(CC)S(=O)(=O)c1ccc(F)c(C(=O)OCC(=O)N(C)Cc2cccs2)c1. The second-order valence-corrected chi connectivity index (χ2v) is 9.11. The Bertz CT molecular complexity index is 957. The second-order valence-electron chi connectivity index (χ2n) is 6.14. The number of nitrogens with zero attached hydrogens (tertiary/aromatic N) is 2. The van der Waals surface area contributed by atoms with Gasteiger partial charge in [0.15, 0.2) is 6.61 Å². The van der Waals surface area contributed by atoms with E-state index in [0.717, 1.165) is 23.1 Å². The largest absolute Gasteiger partial charge is 0.452 e. The van der Waals surface area contributed by atoms with Gasteiger partial charge in [-0.05, 0) is 29.6 Å². The lowest BCUT2D eigenvalue weighted by atomic mass is 10.2. The van der Waals surface area contributed by atoms with E-state index in [1.54, 1.807) is 20.9 Å². The maximum absolute atomic E-state index is 14.1. The highest BCUT2D eigenvalue weighted by Gasteiger charge is 2.25. The van der Waals surface area contributed by atoms with E-state index in [2.05, 4.69) is 0 Å². The van der Waals surface area contributed by atoms with Crippen molar-refractivity contribution in [3.05, 3.63) is 52.0 Å². The Kier molecular flexibility index (Phi) is 7.88. The lowest BCUT2D eigenvalue weighted by molar-refractivity contribution is -0.133. The quantitative estimate of drug-likeness (QED) is 0.558. The first-order valence-electron chi connectivity index (χ1n) is 8.93. The fraction of sp³-hybridized carbons (Fsp3) is 0.368. The van der Waals surface area contributed by atoms with Crippen molar-refractivity contribution in [2.24, 2.45) is 0 Å². The first-order valence-corrected chi connectivity index (χ1v) is 11.3. The molecule has 1 amide bonds. The van der Waals surface area contributed by atoms with E-state index < -0.39 is 39.9 Å². The molecule has 0 atom stereocenters. The van der Waals surface area contributed by atoms with E-state index in [1.165, 1.54) is 20.5 Å². The van der Waals surface area contributed by atoms with Crippen molar-refractivity contribution in [3.8, 4) is 0 Å². The van der Waals surface area contributed by atoms with Crippen molar-refractivity contribution in [1.29, 1.82) is 0 Å². The van der Waals surface area contributed by atoms with Crippen LogP contribution in [0.2, 0.25) is 0 Å². The van der Waals surface area contributed by atoms with Crippen LogP contribution < -0.4 is 0 Å². The molecule has 0 radical (unpaired) electrons. The number of amides is 1. The van der Waals surface area contributed by atoms with Gasteiger partial charge in [0.25, 0.3) is 5.91 Å². The number of ether oxygens (including phenoxy) is 1. The predicted molar refractivity (Wildman–Crippen MR) is 108 cm³/mol. The van der Waals surface area contributed by atoms with Gasteiger partial charge in [0.05, 0.1) is 17.0 Å². The van der Waals surface area contributed by atoms with E-state index in [9.17, 15) is 22.4 Å². The zero-order chi connectivity index (χ0) is 21.6. The molecule has 158 valence electrons. The predicted octanol–water partition coefficient (Wildman–Crippen LogP) is 2.73. The van der Waals surface area contributed by atoms with E-state index in [0.29, 0.717) is 6.54 Å². The molecule has 1 aromatic carbocycles. The molecular formula is C19H23FN2O5S2. The second kappa shape index (κ2) is 9.95. The topological polar surface area (TPSA) is 84.0 Å². The van der Waals surface area contributed by atoms with Gasteiger partial charge >= 0.3 is 5.97 Å². The highest BCUT2D eigenvalue weighted by atomic mass is 32.2. The number of sulfonamides is 1. The molecule has 7 nitrogen and oxygen atoms in total. The number of esters is 1. The van der Waals surface area contributed by atoms with Crippen LogP contribution >= 0.6 is 11.3 Å². The number of carbonyl (C=O) groups is 2. The Balaban J connectivity index is 2.09. The summed E-state index contributed by atoms with van der Waals surface area (Å²) in [6.07, 6.45) is 0. The van der Waals surface area contributed by atoms with Crippen molar-refractivity contribution in [1.82, 2.24) is 9.21 Å². The van der Waals surface area contributed by atoms with Gasteiger partial charge in [0, 0.05) is 25.0 Å². The summed E-state index contributed by atoms with van der Waals surface area (Å²) < 4.78 is 45.4. The molecular weight excluding hydrogens is 419 g/mol. The maximum atomic E-state index is 14.1. The maximum Gasteiger partial charge on any atom is 0.341 e. The normalized spacial score (nSPS) is 11.5. The molecule has 2 rings (SSSR count). The van der Waals surface area contributed by atoms with Gasteiger partial charge in [-0.15, -0.1) is 11.3 Å². The standard InChI is InChI=1S/C19H23FN2O5S2/c1-4-22(5-2)29(25,26)15-8-9-17(20)16(11-15)19(24)27-13-18(23)21(3)12-14-7-6-10-28-14/h6-11H,4-5,12-13H2,1-3H3. The van der Waals surface area contributed by atoms with Gasteiger partial charge in [-0.25, -0.2) is 17.6 Å². The molecule has 0 N–H and O–H groups in total. The van der Waals surface area contributed by atoms with E-state index in [4.69, 9.17) is 4.74 Å². The van der Waals surface area contributed by atoms with Crippen LogP contribution in [0.4, 0.5) is 4.39 Å². The van der Waals surface area contributed by atoms with Crippen LogP contribution in [0.1, 0.15) is 29.1 Å².